The molecule has 0 saturated carbocycles. The van der Waals surface area contributed by atoms with Gasteiger partial charge >= 0.3 is 0 Å². The van der Waals surface area contributed by atoms with Crippen LogP contribution in [0.3, 0.4) is 0 Å². The van der Waals surface area contributed by atoms with Crippen LogP contribution in [0, 0.1) is 0 Å². The highest BCUT2D eigenvalue weighted by molar-refractivity contribution is 5.44. The van der Waals surface area contributed by atoms with Gasteiger partial charge in [-0.15, -0.1) is 0 Å². The number of rotatable bonds is 6. The van der Waals surface area contributed by atoms with E-state index in [1.165, 1.54) is 5.56 Å². The summed E-state index contributed by atoms with van der Waals surface area (Å²) in [5, 5.41) is 2.98. The highest BCUT2D eigenvalue weighted by atomic mass is 15.3. The van der Waals surface area contributed by atoms with E-state index >= 15 is 0 Å². The molecule has 21 heavy (non-hydrogen) atoms. The Hall–Kier alpha value is -2.44. The van der Waals surface area contributed by atoms with Gasteiger partial charge in [0, 0.05) is 46.6 Å². The van der Waals surface area contributed by atoms with Crippen molar-refractivity contribution in [2.24, 2.45) is 0 Å². The molecule has 0 saturated heterocycles. The normalized spacial score (nSPS) is 10.3. The maximum atomic E-state index is 4.52. The third-order valence-corrected chi connectivity index (χ3v) is 3.02. The maximum absolute atomic E-state index is 4.52. The van der Waals surface area contributed by atoms with Gasteiger partial charge in [-0.05, 0) is 24.6 Å². The Balaban J connectivity index is 2.30. The zero-order valence-electron chi connectivity index (χ0n) is 12.9. The summed E-state index contributed by atoms with van der Waals surface area (Å²) in [5.41, 5.74) is 1.17. The van der Waals surface area contributed by atoms with E-state index < -0.39 is 0 Å². The number of hydrogen-bond acceptors (Lipinski definition) is 7. The molecule has 0 spiro atoms. The van der Waals surface area contributed by atoms with Crippen LogP contribution in [0.25, 0.3) is 0 Å². The van der Waals surface area contributed by atoms with Crippen molar-refractivity contribution in [1.82, 2.24) is 19.9 Å². The molecule has 2 rings (SSSR count). The van der Waals surface area contributed by atoms with Crippen LogP contribution in [0.4, 0.5) is 17.8 Å². The van der Waals surface area contributed by atoms with Crippen LogP contribution in [0.1, 0.15) is 12.5 Å². The molecule has 0 aliphatic rings. The van der Waals surface area contributed by atoms with Crippen molar-refractivity contribution in [2.45, 2.75) is 13.5 Å². The first-order chi connectivity index (χ1) is 10.1. The third-order valence-electron chi connectivity index (χ3n) is 3.02. The minimum Gasteiger partial charge on any atom is -0.357 e. The summed E-state index contributed by atoms with van der Waals surface area (Å²) >= 11 is 0. The molecule has 0 unspecified atom stereocenters. The monoisotopic (exact) mass is 287 g/mol. The molecule has 7 heteroatoms. The van der Waals surface area contributed by atoms with E-state index in [1.807, 2.05) is 31.1 Å². The first-order valence-electron chi connectivity index (χ1n) is 6.89. The molecule has 0 bridgehead atoms. The smallest absolute Gasteiger partial charge is 0.232 e. The number of aromatic nitrogens is 4. The average molecular weight is 287 g/mol. The molecule has 0 atom stereocenters. The molecule has 112 valence electrons. The number of pyridine rings is 1. The predicted molar refractivity (Wildman–Crippen MR) is 84.7 cm³/mol. The Morgan fingerprint density at radius 2 is 1.71 bits per heavy atom. The van der Waals surface area contributed by atoms with Gasteiger partial charge in [-0.25, -0.2) is 0 Å². The number of anilines is 3. The lowest BCUT2D eigenvalue weighted by atomic mass is 10.2. The van der Waals surface area contributed by atoms with Crippen LogP contribution in [-0.4, -0.2) is 47.6 Å². The minimum atomic E-state index is 0.567. The second-order valence-corrected chi connectivity index (χ2v) is 4.77. The Kier molecular flexibility index (Phi) is 4.86. The van der Waals surface area contributed by atoms with Crippen LogP contribution < -0.4 is 15.1 Å². The molecule has 2 heterocycles. The maximum Gasteiger partial charge on any atom is 0.232 e. The molecule has 7 nitrogen and oxygen atoms in total. The number of nitrogens with zero attached hydrogens (tertiary/aromatic N) is 6. The van der Waals surface area contributed by atoms with Crippen molar-refractivity contribution < 1.29 is 0 Å². The SMILES string of the molecule is CCN(Cc1ccncc1)c1nc(NC)nc(N(C)C)n1. The first-order valence-corrected chi connectivity index (χ1v) is 6.89. The molecule has 0 aliphatic carbocycles. The molecule has 0 aliphatic heterocycles. The summed E-state index contributed by atoms with van der Waals surface area (Å²) in [6.07, 6.45) is 3.59. The molecule has 0 fully saturated rings. The van der Waals surface area contributed by atoms with E-state index in [4.69, 9.17) is 0 Å². The summed E-state index contributed by atoms with van der Waals surface area (Å²) in [4.78, 5) is 21.3. The minimum absolute atomic E-state index is 0.567. The van der Waals surface area contributed by atoms with Crippen LogP contribution in [-0.2, 0) is 6.54 Å². The van der Waals surface area contributed by atoms with E-state index in [0.717, 1.165) is 13.1 Å². The molecular formula is C14H21N7. The lowest BCUT2D eigenvalue weighted by Crippen LogP contribution is -2.26. The van der Waals surface area contributed by atoms with Crippen LogP contribution >= 0.6 is 0 Å². The standard InChI is InChI=1S/C14H21N7/c1-5-21(10-11-6-8-16-9-7-11)14-18-12(15-2)17-13(19-14)20(3)4/h6-9H,5,10H2,1-4H3,(H,15,17,18,19). The topological polar surface area (TPSA) is 70.1 Å². The summed E-state index contributed by atoms with van der Waals surface area (Å²) in [6, 6.07) is 3.99. The Morgan fingerprint density at radius 1 is 1.05 bits per heavy atom. The Bertz CT molecular complexity index is 571. The van der Waals surface area contributed by atoms with Crippen molar-refractivity contribution in [3.63, 3.8) is 0 Å². The van der Waals surface area contributed by atoms with Gasteiger partial charge in [-0.1, -0.05) is 0 Å². The van der Waals surface area contributed by atoms with Gasteiger partial charge in [0.25, 0.3) is 0 Å². The van der Waals surface area contributed by atoms with Crippen molar-refractivity contribution in [3.8, 4) is 0 Å². The molecule has 1 N–H and O–H groups in total. The fourth-order valence-electron chi connectivity index (χ4n) is 1.84. The van der Waals surface area contributed by atoms with E-state index in [9.17, 15) is 0 Å². The molecule has 0 radical (unpaired) electrons. The first kappa shape index (κ1) is 15.0. The second kappa shape index (κ2) is 6.83. The lowest BCUT2D eigenvalue weighted by molar-refractivity contribution is 0.780. The summed E-state index contributed by atoms with van der Waals surface area (Å²) in [6.45, 7) is 3.63. The molecule has 2 aromatic rings. The van der Waals surface area contributed by atoms with E-state index in [-0.39, 0.29) is 0 Å². The second-order valence-electron chi connectivity index (χ2n) is 4.77. The quantitative estimate of drug-likeness (QED) is 0.861. The predicted octanol–water partition coefficient (Wildman–Crippen LogP) is 1.40. The van der Waals surface area contributed by atoms with Gasteiger partial charge in [0.2, 0.25) is 17.8 Å². The van der Waals surface area contributed by atoms with E-state index in [1.54, 1.807) is 19.4 Å². The zero-order valence-corrected chi connectivity index (χ0v) is 12.9. The average Bonchev–Trinajstić information content (AvgIpc) is 2.53. The van der Waals surface area contributed by atoms with Gasteiger partial charge < -0.3 is 15.1 Å². The van der Waals surface area contributed by atoms with E-state index in [2.05, 4.69) is 37.1 Å². The summed E-state index contributed by atoms with van der Waals surface area (Å²) in [5.74, 6) is 1.87. The van der Waals surface area contributed by atoms with Gasteiger partial charge in [0.1, 0.15) is 0 Å². The molecule has 2 aromatic heterocycles. The van der Waals surface area contributed by atoms with Crippen LogP contribution in [0.15, 0.2) is 24.5 Å². The van der Waals surface area contributed by atoms with Crippen molar-refractivity contribution in [3.05, 3.63) is 30.1 Å². The van der Waals surface area contributed by atoms with Gasteiger partial charge in [-0.3, -0.25) is 4.98 Å². The van der Waals surface area contributed by atoms with Crippen molar-refractivity contribution in [2.75, 3.05) is 42.8 Å². The van der Waals surface area contributed by atoms with Gasteiger partial charge in [-0.2, -0.15) is 15.0 Å². The summed E-state index contributed by atoms with van der Waals surface area (Å²) in [7, 11) is 5.63. The molecular weight excluding hydrogens is 266 g/mol. The fraction of sp³-hybridized carbons (Fsp3) is 0.429. The number of hydrogen-bond donors (Lipinski definition) is 1. The lowest BCUT2D eigenvalue weighted by Gasteiger charge is -2.22. The van der Waals surface area contributed by atoms with Crippen molar-refractivity contribution in [1.29, 1.82) is 0 Å². The van der Waals surface area contributed by atoms with Crippen LogP contribution in [0.5, 0.6) is 0 Å². The van der Waals surface area contributed by atoms with Gasteiger partial charge in [0.15, 0.2) is 0 Å². The van der Waals surface area contributed by atoms with Crippen LogP contribution in [0.2, 0.25) is 0 Å². The fourth-order valence-corrected chi connectivity index (χ4v) is 1.84. The van der Waals surface area contributed by atoms with Crippen molar-refractivity contribution >= 4 is 17.8 Å². The zero-order chi connectivity index (χ0) is 15.2. The largest absolute Gasteiger partial charge is 0.357 e. The third kappa shape index (κ3) is 3.77. The number of nitrogens with one attached hydrogen (secondary N) is 1. The Labute approximate surface area is 125 Å². The van der Waals surface area contributed by atoms with Gasteiger partial charge in [0.05, 0.1) is 0 Å². The highest BCUT2D eigenvalue weighted by Crippen LogP contribution is 2.17. The molecule has 0 aromatic carbocycles. The van der Waals surface area contributed by atoms with E-state index in [0.29, 0.717) is 17.8 Å². The molecule has 0 amide bonds. The highest BCUT2D eigenvalue weighted by Gasteiger charge is 2.13. The Morgan fingerprint density at radius 3 is 2.29 bits per heavy atom. The summed E-state index contributed by atoms with van der Waals surface area (Å²) < 4.78 is 0.